The third-order valence-corrected chi connectivity index (χ3v) is 8.02. The summed E-state index contributed by atoms with van der Waals surface area (Å²) < 4.78 is 41.4. The molecule has 3 heterocycles. The number of methoxy groups -OCH3 is 1. The Labute approximate surface area is 286 Å². The Balaban J connectivity index is 0.000000745. The van der Waals surface area contributed by atoms with Gasteiger partial charge in [0.1, 0.15) is 24.0 Å². The van der Waals surface area contributed by atoms with Gasteiger partial charge in [-0.05, 0) is 63.1 Å². The van der Waals surface area contributed by atoms with Crippen molar-refractivity contribution in [2.75, 3.05) is 25.6 Å². The molecule has 50 heavy (non-hydrogen) atoms. The van der Waals surface area contributed by atoms with Gasteiger partial charge in [-0.25, -0.2) is 9.07 Å². The number of carboxylic acid groups (broad SMARTS) is 1. The number of pyridine rings is 1. The minimum atomic E-state index is -0.963. The van der Waals surface area contributed by atoms with Crippen LogP contribution in [0.3, 0.4) is 0 Å². The first kappa shape index (κ1) is 35.6. The Hall–Kier alpha value is -5.73. The van der Waals surface area contributed by atoms with Crippen LogP contribution >= 0.6 is 0 Å². The lowest BCUT2D eigenvalue weighted by molar-refractivity contribution is -0.138. The summed E-state index contributed by atoms with van der Waals surface area (Å²) >= 11 is 0. The summed E-state index contributed by atoms with van der Waals surface area (Å²) in [4.78, 5) is 40.4. The molecule has 13 nitrogen and oxygen atoms in total. The molecule has 4 N–H and O–H groups in total. The molecule has 6 rings (SSSR count). The molecular weight excluding hydrogens is 649 g/mol. The van der Waals surface area contributed by atoms with Crippen molar-refractivity contribution in [1.29, 1.82) is 0 Å². The maximum atomic E-state index is 15.3. The average Bonchev–Trinajstić information content (AvgIpc) is 3.70. The van der Waals surface area contributed by atoms with E-state index in [1.807, 2.05) is 6.07 Å². The first-order valence-corrected chi connectivity index (χ1v) is 15.8. The first-order chi connectivity index (χ1) is 24.0. The lowest BCUT2D eigenvalue weighted by Crippen LogP contribution is -2.25. The molecule has 1 aliphatic rings. The number of ether oxygens (including phenoxy) is 4. The predicted molar refractivity (Wildman–Crippen MR) is 184 cm³/mol. The van der Waals surface area contributed by atoms with Crippen molar-refractivity contribution in [2.24, 2.45) is 12.8 Å². The Morgan fingerprint density at radius 2 is 1.84 bits per heavy atom. The summed E-state index contributed by atoms with van der Waals surface area (Å²) in [6, 6.07) is 17.4. The minimum Gasteiger partial charge on any atom is -0.493 e. The van der Waals surface area contributed by atoms with Gasteiger partial charge in [0.25, 0.3) is 11.5 Å². The normalized spacial score (nSPS) is 14.4. The van der Waals surface area contributed by atoms with E-state index in [4.69, 9.17) is 29.8 Å². The van der Waals surface area contributed by atoms with Gasteiger partial charge in [0.15, 0.2) is 23.1 Å². The summed E-state index contributed by atoms with van der Waals surface area (Å²) in [6.45, 7) is 4.24. The van der Waals surface area contributed by atoms with Gasteiger partial charge >= 0.3 is 5.97 Å². The summed E-state index contributed by atoms with van der Waals surface area (Å²) in [5.74, 6) is -1.01. The van der Waals surface area contributed by atoms with E-state index >= 15 is 4.39 Å². The van der Waals surface area contributed by atoms with Crippen LogP contribution in [-0.4, -0.2) is 63.8 Å². The highest BCUT2D eigenvalue weighted by Gasteiger charge is 2.23. The highest BCUT2D eigenvalue weighted by molar-refractivity contribution is 6.05. The van der Waals surface area contributed by atoms with Crippen molar-refractivity contribution in [3.05, 3.63) is 100 Å². The molecule has 0 radical (unpaired) electrons. The predicted octanol–water partition coefficient (Wildman–Crippen LogP) is 5.20. The van der Waals surface area contributed by atoms with Crippen LogP contribution in [0.1, 0.15) is 35.8 Å². The zero-order chi connectivity index (χ0) is 35.9. The quantitative estimate of drug-likeness (QED) is 0.177. The minimum absolute atomic E-state index is 0.0339. The van der Waals surface area contributed by atoms with Crippen molar-refractivity contribution in [2.45, 2.75) is 38.8 Å². The number of carbonyl (C=O) groups is 2. The van der Waals surface area contributed by atoms with E-state index in [1.165, 1.54) is 30.8 Å². The molecule has 1 saturated heterocycles. The van der Waals surface area contributed by atoms with Crippen LogP contribution in [0.15, 0.2) is 77.7 Å². The van der Waals surface area contributed by atoms with E-state index in [0.29, 0.717) is 46.1 Å². The highest BCUT2D eigenvalue weighted by Crippen LogP contribution is 2.38. The summed E-state index contributed by atoms with van der Waals surface area (Å²) in [5.41, 5.74) is 6.17. The van der Waals surface area contributed by atoms with Gasteiger partial charge in [-0.15, -0.1) is 0 Å². The van der Waals surface area contributed by atoms with E-state index in [0.717, 1.165) is 25.5 Å². The number of carbonyl (C=O) groups excluding carboxylic acids is 1. The molecule has 1 amide bonds. The van der Waals surface area contributed by atoms with Gasteiger partial charge in [-0.2, -0.15) is 0 Å². The molecule has 0 aliphatic carbocycles. The Kier molecular flexibility index (Phi) is 11.1. The lowest BCUT2D eigenvalue weighted by atomic mass is 10.1. The molecule has 1 aliphatic heterocycles. The number of nitrogens with two attached hydrogens (primary N) is 1. The molecule has 0 spiro atoms. The monoisotopic (exact) mass is 687 g/mol. The molecule has 0 bridgehead atoms. The number of nitrogens with zero attached hydrogens (tertiary/aromatic N) is 3. The maximum absolute atomic E-state index is 15.3. The molecule has 0 saturated carbocycles. The lowest BCUT2D eigenvalue weighted by Gasteiger charge is -2.16. The number of aromatic nitrogens is 3. The van der Waals surface area contributed by atoms with Crippen molar-refractivity contribution < 1.29 is 38.0 Å². The van der Waals surface area contributed by atoms with Crippen LogP contribution in [0.25, 0.3) is 16.6 Å². The number of anilines is 1. The van der Waals surface area contributed by atoms with Crippen LogP contribution in [-0.2, 0) is 16.6 Å². The molecular formula is C36H38FN5O8. The molecule has 2 unspecified atom stereocenters. The number of halogens is 1. The second-order valence-corrected chi connectivity index (χ2v) is 11.5. The SMILES string of the molecule is CC(N)C(=O)O.COc1cc2c(Oc3ccc(NC(=O)c4c(C)n(C)n(-c5ccccc5)c4=O)cc3F)ccnc2cc1OCC1CCCO1. The number of hydrogen-bond donors (Lipinski definition) is 3. The number of aliphatic carboxylic acids is 1. The number of hydrogen-bond acceptors (Lipinski definition) is 9. The number of amides is 1. The van der Waals surface area contributed by atoms with E-state index in [9.17, 15) is 14.4 Å². The zero-order valence-electron chi connectivity index (χ0n) is 28.0. The zero-order valence-corrected chi connectivity index (χ0v) is 28.0. The van der Waals surface area contributed by atoms with E-state index in [2.05, 4.69) is 10.3 Å². The molecule has 2 atom stereocenters. The largest absolute Gasteiger partial charge is 0.493 e. The second kappa shape index (κ2) is 15.7. The number of fused-ring (bicyclic) bond motifs is 1. The van der Waals surface area contributed by atoms with Gasteiger partial charge in [0.2, 0.25) is 0 Å². The average molecular weight is 688 g/mol. The fraction of sp³-hybridized carbons (Fsp3) is 0.278. The van der Waals surface area contributed by atoms with Crippen molar-refractivity contribution in [3.63, 3.8) is 0 Å². The Bertz CT molecular complexity index is 2060. The number of rotatable bonds is 10. The van der Waals surface area contributed by atoms with Gasteiger partial charge in [0.05, 0.1) is 30.1 Å². The van der Waals surface area contributed by atoms with Crippen LogP contribution in [0.5, 0.6) is 23.0 Å². The van der Waals surface area contributed by atoms with Crippen LogP contribution < -0.4 is 30.8 Å². The number of benzene rings is 3. The molecule has 2 aromatic heterocycles. The standard InChI is InChI=1S/C33H31FN4O6.C3H7NO2/c1-20-31(33(40)38(37(20)2)22-8-5-4-6-9-22)32(39)36-21-11-12-28(25(34)16-21)44-27-13-14-35-26-18-30(29(41-3)17-24(26)27)43-19-23-10-7-15-42-23;1-2(4)3(5)6/h4-6,8-9,11-14,16-18,23H,7,10,15,19H2,1-3H3,(H,36,39);2H,4H2,1H3,(H,5,6). The van der Waals surface area contributed by atoms with Gasteiger partial charge in [-0.1, -0.05) is 18.2 Å². The van der Waals surface area contributed by atoms with Crippen LogP contribution in [0, 0.1) is 12.7 Å². The Morgan fingerprint density at radius 3 is 2.48 bits per heavy atom. The van der Waals surface area contributed by atoms with Gasteiger partial charge in [-0.3, -0.25) is 24.0 Å². The number of nitrogens with one attached hydrogen (secondary N) is 1. The molecule has 14 heteroatoms. The molecule has 5 aromatic rings. The summed E-state index contributed by atoms with van der Waals surface area (Å²) in [7, 11) is 3.24. The van der Waals surface area contributed by atoms with E-state index in [-0.39, 0.29) is 23.1 Å². The first-order valence-electron chi connectivity index (χ1n) is 15.8. The van der Waals surface area contributed by atoms with Crippen molar-refractivity contribution >= 4 is 28.5 Å². The maximum Gasteiger partial charge on any atom is 0.320 e. The van der Waals surface area contributed by atoms with Gasteiger partial charge in [0, 0.05) is 43.1 Å². The van der Waals surface area contributed by atoms with Crippen molar-refractivity contribution in [1.82, 2.24) is 14.3 Å². The van der Waals surface area contributed by atoms with Gasteiger partial charge < -0.3 is 35.1 Å². The molecule has 1 fully saturated rings. The fourth-order valence-corrected chi connectivity index (χ4v) is 5.25. The number of para-hydroxylation sites is 1. The third kappa shape index (κ3) is 7.93. The van der Waals surface area contributed by atoms with Crippen LogP contribution in [0.2, 0.25) is 0 Å². The van der Waals surface area contributed by atoms with Crippen molar-refractivity contribution in [3.8, 4) is 28.7 Å². The topological polar surface area (TPSA) is 169 Å². The van der Waals surface area contributed by atoms with Crippen LogP contribution in [0.4, 0.5) is 10.1 Å². The smallest absolute Gasteiger partial charge is 0.320 e. The molecule has 3 aromatic carbocycles. The Morgan fingerprint density at radius 1 is 1.10 bits per heavy atom. The third-order valence-electron chi connectivity index (χ3n) is 8.02. The van der Waals surface area contributed by atoms with E-state index in [1.54, 1.807) is 67.3 Å². The molecule has 262 valence electrons. The second-order valence-electron chi connectivity index (χ2n) is 11.5. The van der Waals surface area contributed by atoms with E-state index < -0.39 is 29.3 Å². The fourth-order valence-electron chi connectivity index (χ4n) is 5.25. The number of carboxylic acids is 1. The summed E-state index contributed by atoms with van der Waals surface area (Å²) in [5, 5.41) is 11.1. The highest BCUT2D eigenvalue weighted by atomic mass is 19.1. The summed E-state index contributed by atoms with van der Waals surface area (Å²) in [6.07, 6.45) is 3.56.